The molecule has 0 atom stereocenters. The minimum absolute atomic E-state index is 0.339. The van der Waals surface area contributed by atoms with Gasteiger partial charge in [-0.05, 0) is 18.2 Å². The molecule has 1 heterocycles. The standard InChI is InChI=1S/C14H18FN3O/c1-9(2)16-8-10-7-12(18-17-10)14-11(15)5-4-6-13(14)19-3/h4-7,9,16H,8H2,1-3H3,(H,17,18). The van der Waals surface area contributed by atoms with Crippen LogP contribution in [0.3, 0.4) is 0 Å². The molecule has 0 saturated carbocycles. The van der Waals surface area contributed by atoms with E-state index in [0.29, 0.717) is 29.6 Å². The maximum atomic E-state index is 13.9. The lowest BCUT2D eigenvalue weighted by atomic mass is 10.1. The van der Waals surface area contributed by atoms with Gasteiger partial charge in [-0.15, -0.1) is 0 Å². The van der Waals surface area contributed by atoms with Crippen LogP contribution in [0.1, 0.15) is 19.5 Å². The van der Waals surface area contributed by atoms with E-state index in [1.807, 2.05) is 6.07 Å². The van der Waals surface area contributed by atoms with Crippen LogP contribution >= 0.6 is 0 Å². The molecule has 0 amide bonds. The Labute approximate surface area is 112 Å². The molecule has 0 aliphatic heterocycles. The van der Waals surface area contributed by atoms with Crippen molar-refractivity contribution in [2.45, 2.75) is 26.4 Å². The van der Waals surface area contributed by atoms with Crippen LogP contribution in [-0.2, 0) is 6.54 Å². The molecule has 0 fully saturated rings. The van der Waals surface area contributed by atoms with Gasteiger partial charge in [0.2, 0.25) is 0 Å². The van der Waals surface area contributed by atoms with Crippen molar-refractivity contribution < 1.29 is 9.13 Å². The topological polar surface area (TPSA) is 49.9 Å². The van der Waals surface area contributed by atoms with Crippen LogP contribution in [0, 0.1) is 5.82 Å². The third kappa shape index (κ3) is 3.12. The van der Waals surface area contributed by atoms with Crippen LogP contribution < -0.4 is 10.1 Å². The molecule has 5 heteroatoms. The number of nitrogens with zero attached hydrogens (tertiary/aromatic N) is 1. The minimum atomic E-state index is -0.339. The monoisotopic (exact) mass is 263 g/mol. The number of methoxy groups -OCH3 is 1. The number of hydrogen-bond acceptors (Lipinski definition) is 3. The van der Waals surface area contributed by atoms with Gasteiger partial charge in [-0.2, -0.15) is 5.10 Å². The molecule has 102 valence electrons. The average molecular weight is 263 g/mol. The Bertz CT molecular complexity index is 551. The SMILES string of the molecule is COc1cccc(F)c1-c1cc(CNC(C)C)[nH]n1. The van der Waals surface area contributed by atoms with Crippen molar-refractivity contribution in [2.24, 2.45) is 0 Å². The van der Waals surface area contributed by atoms with Crippen molar-refractivity contribution in [3.05, 3.63) is 35.8 Å². The summed E-state index contributed by atoms with van der Waals surface area (Å²) in [5.41, 5.74) is 1.85. The van der Waals surface area contributed by atoms with E-state index in [0.717, 1.165) is 5.69 Å². The predicted octanol–water partition coefficient (Wildman–Crippen LogP) is 2.72. The first-order valence-corrected chi connectivity index (χ1v) is 6.22. The van der Waals surface area contributed by atoms with E-state index >= 15 is 0 Å². The molecule has 1 aromatic heterocycles. The normalized spacial score (nSPS) is 11.0. The van der Waals surface area contributed by atoms with Gasteiger partial charge in [-0.25, -0.2) is 4.39 Å². The number of rotatable bonds is 5. The van der Waals surface area contributed by atoms with Crippen LogP contribution in [0.25, 0.3) is 11.3 Å². The van der Waals surface area contributed by atoms with Crippen molar-refractivity contribution >= 4 is 0 Å². The molecule has 2 N–H and O–H groups in total. The molecule has 0 unspecified atom stereocenters. The van der Waals surface area contributed by atoms with Gasteiger partial charge in [0.1, 0.15) is 11.6 Å². The molecule has 0 aliphatic rings. The Morgan fingerprint density at radius 3 is 2.89 bits per heavy atom. The summed E-state index contributed by atoms with van der Waals surface area (Å²) < 4.78 is 19.1. The summed E-state index contributed by atoms with van der Waals surface area (Å²) in [6, 6.07) is 6.95. The Kier molecular flexibility index (Phi) is 4.16. The Balaban J connectivity index is 2.28. The van der Waals surface area contributed by atoms with Crippen LogP contribution in [0.15, 0.2) is 24.3 Å². The highest BCUT2D eigenvalue weighted by Gasteiger charge is 2.14. The van der Waals surface area contributed by atoms with Crippen molar-refractivity contribution in [2.75, 3.05) is 7.11 Å². The van der Waals surface area contributed by atoms with E-state index in [1.165, 1.54) is 13.2 Å². The summed E-state index contributed by atoms with van der Waals surface area (Å²) in [5, 5.41) is 10.3. The molecular formula is C14H18FN3O. The Hall–Kier alpha value is -1.88. The molecule has 19 heavy (non-hydrogen) atoms. The lowest BCUT2D eigenvalue weighted by Gasteiger charge is -2.06. The summed E-state index contributed by atoms with van der Waals surface area (Å²) in [6.07, 6.45) is 0. The van der Waals surface area contributed by atoms with Crippen LogP contribution in [-0.4, -0.2) is 23.3 Å². The van der Waals surface area contributed by atoms with E-state index in [9.17, 15) is 4.39 Å². The number of benzene rings is 1. The van der Waals surface area contributed by atoms with Crippen molar-refractivity contribution in [1.29, 1.82) is 0 Å². The summed E-state index contributed by atoms with van der Waals surface area (Å²) >= 11 is 0. The smallest absolute Gasteiger partial charge is 0.136 e. The first kappa shape index (κ1) is 13.5. The minimum Gasteiger partial charge on any atom is -0.496 e. The molecule has 0 aliphatic carbocycles. The highest BCUT2D eigenvalue weighted by atomic mass is 19.1. The molecule has 0 bridgehead atoms. The highest BCUT2D eigenvalue weighted by molar-refractivity contribution is 5.68. The number of hydrogen-bond donors (Lipinski definition) is 2. The van der Waals surface area contributed by atoms with Gasteiger partial charge in [0.05, 0.1) is 18.4 Å². The maximum Gasteiger partial charge on any atom is 0.136 e. The van der Waals surface area contributed by atoms with Gasteiger partial charge in [0, 0.05) is 18.3 Å². The molecule has 2 aromatic rings. The molecule has 0 spiro atoms. The summed E-state index contributed by atoms with van der Waals surface area (Å²) in [4.78, 5) is 0. The second-order valence-corrected chi connectivity index (χ2v) is 4.63. The largest absolute Gasteiger partial charge is 0.496 e. The second kappa shape index (κ2) is 5.84. The predicted molar refractivity (Wildman–Crippen MR) is 72.5 cm³/mol. The number of aromatic nitrogens is 2. The molecular weight excluding hydrogens is 245 g/mol. The van der Waals surface area contributed by atoms with Gasteiger partial charge in [0.15, 0.2) is 0 Å². The van der Waals surface area contributed by atoms with Crippen molar-refractivity contribution in [3.63, 3.8) is 0 Å². The van der Waals surface area contributed by atoms with E-state index in [-0.39, 0.29) is 5.82 Å². The lowest BCUT2D eigenvalue weighted by molar-refractivity contribution is 0.413. The molecule has 4 nitrogen and oxygen atoms in total. The van der Waals surface area contributed by atoms with Gasteiger partial charge >= 0.3 is 0 Å². The van der Waals surface area contributed by atoms with Gasteiger partial charge in [0.25, 0.3) is 0 Å². The zero-order chi connectivity index (χ0) is 13.8. The van der Waals surface area contributed by atoms with Crippen LogP contribution in [0.5, 0.6) is 5.75 Å². The van der Waals surface area contributed by atoms with Gasteiger partial charge < -0.3 is 10.1 Å². The summed E-state index contributed by atoms with van der Waals surface area (Å²) in [6.45, 7) is 4.80. The first-order valence-electron chi connectivity index (χ1n) is 6.22. The number of halogens is 1. The number of nitrogens with one attached hydrogen (secondary N) is 2. The van der Waals surface area contributed by atoms with E-state index in [1.54, 1.807) is 12.1 Å². The van der Waals surface area contributed by atoms with Crippen molar-refractivity contribution in [1.82, 2.24) is 15.5 Å². The average Bonchev–Trinajstić information content (AvgIpc) is 2.84. The number of aromatic amines is 1. The Morgan fingerprint density at radius 2 is 2.21 bits per heavy atom. The quantitative estimate of drug-likeness (QED) is 0.872. The first-order chi connectivity index (χ1) is 9.11. The number of ether oxygens (including phenoxy) is 1. The van der Waals surface area contributed by atoms with Gasteiger partial charge in [-0.1, -0.05) is 19.9 Å². The van der Waals surface area contributed by atoms with Crippen molar-refractivity contribution in [3.8, 4) is 17.0 Å². The fraction of sp³-hybridized carbons (Fsp3) is 0.357. The van der Waals surface area contributed by atoms with E-state index in [2.05, 4.69) is 29.4 Å². The fourth-order valence-corrected chi connectivity index (χ4v) is 1.82. The maximum absolute atomic E-state index is 13.9. The number of H-pyrrole nitrogens is 1. The molecule has 1 aromatic carbocycles. The van der Waals surface area contributed by atoms with E-state index < -0.39 is 0 Å². The molecule has 0 saturated heterocycles. The van der Waals surface area contributed by atoms with Crippen LogP contribution in [0.4, 0.5) is 4.39 Å². The van der Waals surface area contributed by atoms with E-state index in [4.69, 9.17) is 4.74 Å². The summed E-state index contributed by atoms with van der Waals surface area (Å²) in [5.74, 6) is 0.143. The fourth-order valence-electron chi connectivity index (χ4n) is 1.82. The lowest BCUT2D eigenvalue weighted by Crippen LogP contribution is -2.21. The molecule has 0 radical (unpaired) electrons. The second-order valence-electron chi connectivity index (χ2n) is 4.63. The van der Waals surface area contributed by atoms with Crippen LogP contribution in [0.2, 0.25) is 0 Å². The zero-order valence-electron chi connectivity index (χ0n) is 11.3. The highest BCUT2D eigenvalue weighted by Crippen LogP contribution is 2.31. The zero-order valence-corrected chi connectivity index (χ0v) is 11.3. The molecule has 2 rings (SSSR count). The third-order valence-electron chi connectivity index (χ3n) is 2.78. The van der Waals surface area contributed by atoms with Gasteiger partial charge in [-0.3, -0.25) is 5.10 Å². The Morgan fingerprint density at radius 1 is 1.42 bits per heavy atom. The summed E-state index contributed by atoms with van der Waals surface area (Å²) in [7, 11) is 1.52. The third-order valence-corrected chi connectivity index (χ3v) is 2.78.